The third-order valence-corrected chi connectivity index (χ3v) is 16.7. The Morgan fingerprint density at radius 2 is 0.714 bits per heavy atom. The minimum Gasteiger partial charge on any atom is -0.394 e. The minimum absolute atomic E-state index is 0.194. The first-order chi connectivity index (χ1) is 47.8. The summed E-state index contributed by atoms with van der Waals surface area (Å²) in [5.41, 5.74) is 0. The van der Waals surface area contributed by atoms with Crippen molar-refractivity contribution in [3.05, 3.63) is 170 Å². The van der Waals surface area contributed by atoms with Crippen molar-refractivity contribution >= 4 is 5.91 Å². The summed E-state index contributed by atoms with van der Waals surface area (Å²) in [7, 11) is 0. The summed E-state index contributed by atoms with van der Waals surface area (Å²) in [5.74, 6) is -0.319. The second kappa shape index (κ2) is 57.7. The average molecular weight is 1380 g/mol. The second-order valence-electron chi connectivity index (χ2n) is 25.0. The van der Waals surface area contributed by atoms with Crippen LogP contribution in [0.15, 0.2) is 170 Å². The molecule has 3 fully saturated rings. The van der Waals surface area contributed by atoms with Gasteiger partial charge in [0, 0.05) is 6.42 Å². The van der Waals surface area contributed by atoms with Crippen LogP contribution in [-0.4, -0.2) is 193 Å². The number of carbonyl (C=O) groups is 1. The minimum atomic E-state index is -1.99. The van der Waals surface area contributed by atoms with Gasteiger partial charge in [-0.05, 0) is 122 Å². The van der Waals surface area contributed by atoms with Crippen molar-refractivity contribution in [2.45, 2.75) is 291 Å². The number of aliphatic hydroxyl groups excluding tert-OH is 11. The van der Waals surface area contributed by atoms with Crippen molar-refractivity contribution in [1.29, 1.82) is 0 Å². The van der Waals surface area contributed by atoms with Gasteiger partial charge < -0.3 is 89.9 Å². The van der Waals surface area contributed by atoms with E-state index in [1.54, 1.807) is 6.08 Å². The molecule has 1 amide bonds. The van der Waals surface area contributed by atoms with Gasteiger partial charge in [0.25, 0.3) is 0 Å². The van der Waals surface area contributed by atoms with E-state index in [0.717, 1.165) is 122 Å². The van der Waals surface area contributed by atoms with E-state index in [1.165, 1.54) is 32.1 Å². The Labute approximate surface area is 586 Å². The van der Waals surface area contributed by atoms with Crippen molar-refractivity contribution in [3.63, 3.8) is 0 Å². The number of aliphatic hydroxyl groups is 11. The number of rotatable bonds is 53. The molecule has 3 aliphatic heterocycles. The van der Waals surface area contributed by atoms with Gasteiger partial charge in [-0.1, -0.05) is 229 Å². The summed E-state index contributed by atoms with van der Waals surface area (Å²) in [4.78, 5) is 13.4. The number of nitrogens with one attached hydrogen (secondary N) is 1. The van der Waals surface area contributed by atoms with Gasteiger partial charge in [-0.2, -0.15) is 0 Å². The Morgan fingerprint density at radius 3 is 1.14 bits per heavy atom. The lowest BCUT2D eigenvalue weighted by Crippen LogP contribution is -2.66. The van der Waals surface area contributed by atoms with Crippen molar-refractivity contribution in [3.8, 4) is 0 Å². The molecule has 3 heterocycles. The molecule has 3 saturated heterocycles. The molecule has 0 aromatic rings. The van der Waals surface area contributed by atoms with Gasteiger partial charge in [0.2, 0.25) is 5.91 Å². The third-order valence-electron chi connectivity index (χ3n) is 16.7. The molecule has 0 aliphatic carbocycles. The Bertz CT molecular complexity index is 2440. The lowest BCUT2D eigenvalue weighted by molar-refractivity contribution is -0.379. The smallest absolute Gasteiger partial charge is 0.220 e. The maximum absolute atomic E-state index is 13.4. The third kappa shape index (κ3) is 38.3. The molecule has 554 valence electrons. The first-order valence-electron chi connectivity index (χ1n) is 36.4. The van der Waals surface area contributed by atoms with Crippen LogP contribution in [0.2, 0.25) is 0 Å². The molecule has 98 heavy (non-hydrogen) atoms. The van der Waals surface area contributed by atoms with Crippen LogP contribution in [0.5, 0.6) is 0 Å². The molecule has 12 N–H and O–H groups in total. The number of ether oxygens (including phenoxy) is 6. The first kappa shape index (κ1) is 87.4. The number of carbonyl (C=O) groups excluding carboxylic acids is 1. The normalized spacial score (nSPS) is 27.8. The van der Waals surface area contributed by atoms with Crippen LogP contribution >= 0.6 is 0 Å². The molecule has 19 nitrogen and oxygen atoms in total. The Kier molecular flexibility index (Phi) is 51.5. The number of hydrogen-bond donors (Lipinski definition) is 12. The highest BCUT2D eigenvalue weighted by molar-refractivity contribution is 5.76. The quantitative estimate of drug-likeness (QED) is 0.0199. The van der Waals surface area contributed by atoms with Crippen molar-refractivity contribution in [2.75, 3.05) is 26.4 Å². The largest absolute Gasteiger partial charge is 0.394 e. The topological polar surface area (TPSA) is 307 Å². The van der Waals surface area contributed by atoms with Crippen LogP contribution in [0.4, 0.5) is 0 Å². The highest BCUT2D eigenvalue weighted by Gasteiger charge is 2.53. The fraction of sp³-hybridized carbons (Fsp3) is 0.633. The fourth-order valence-electron chi connectivity index (χ4n) is 10.9. The van der Waals surface area contributed by atoms with Gasteiger partial charge in [-0.3, -0.25) is 4.79 Å². The predicted molar refractivity (Wildman–Crippen MR) is 387 cm³/mol. The lowest BCUT2D eigenvalue weighted by atomic mass is 9.96. The number of amides is 1. The van der Waals surface area contributed by atoms with E-state index in [1.807, 2.05) is 6.08 Å². The van der Waals surface area contributed by atoms with E-state index >= 15 is 0 Å². The molecule has 0 radical (unpaired) electrons. The van der Waals surface area contributed by atoms with Gasteiger partial charge in [0.1, 0.15) is 73.2 Å². The molecule has 0 spiro atoms. The van der Waals surface area contributed by atoms with E-state index in [9.17, 15) is 61.0 Å². The van der Waals surface area contributed by atoms with E-state index in [4.69, 9.17) is 28.4 Å². The molecule has 0 aromatic carbocycles. The Balaban J connectivity index is 1.35. The molecule has 17 unspecified atom stereocenters. The number of unbranched alkanes of at least 4 members (excludes halogenated alkanes) is 11. The number of allylic oxidation sites excluding steroid dienone is 27. The summed E-state index contributed by atoms with van der Waals surface area (Å²) in [6, 6.07) is -1.02. The summed E-state index contributed by atoms with van der Waals surface area (Å²) < 4.78 is 34.2. The van der Waals surface area contributed by atoms with Crippen molar-refractivity contribution < 1.29 is 89.4 Å². The van der Waals surface area contributed by atoms with Gasteiger partial charge in [0.15, 0.2) is 18.9 Å². The molecular weight excluding hydrogens is 1250 g/mol. The van der Waals surface area contributed by atoms with Crippen LogP contribution < -0.4 is 5.32 Å². The zero-order valence-corrected chi connectivity index (χ0v) is 58.7. The van der Waals surface area contributed by atoms with Crippen molar-refractivity contribution in [1.82, 2.24) is 5.32 Å². The maximum Gasteiger partial charge on any atom is 0.220 e. The van der Waals surface area contributed by atoms with Crippen LogP contribution in [-0.2, 0) is 33.2 Å². The molecule has 0 saturated carbocycles. The molecule has 3 rings (SSSR count). The summed E-state index contributed by atoms with van der Waals surface area (Å²) in [5, 5.41) is 120. The first-order valence-corrected chi connectivity index (χ1v) is 36.4. The summed E-state index contributed by atoms with van der Waals surface area (Å²) >= 11 is 0. The van der Waals surface area contributed by atoms with Crippen LogP contribution in [0.25, 0.3) is 0 Å². The molecule has 19 heteroatoms. The van der Waals surface area contributed by atoms with E-state index in [-0.39, 0.29) is 18.9 Å². The van der Waals surface area contributed by atoms with Gasteiger partial charge in [-0.15, -0.1) is 0 Å². The lowest BCUT2D eigenvalue weighted by Gasteiger charge is -2.48. The molecule has 3 aliphatic rings. The summed E-state index contributed by atoms with van der Waals surface area (Å²) in [6.45, 7) is 1.51. The zero-order valence-electron chi connectivity index (χ0n) is 58.7. The monoisotopic (exact) mass is 1380 g/mol. The summed E-state index contributed by atoms with van der Waals surface area (Å²) in [6.07, 6.45) is 59.2. The van der Waals surface area contributed by atoms with E-state index in [0.29, 0.717) is 12.8 Å². The predicted octanol–water partition coefficient (Wildman–Crippen LogP) is 10.7. The Hall–Kier alpha value is -4.85. The van der Waals surface area contributed by atoms with Gasteiger partial charge >= 0.3 is 0 Å². The van der Waals surface area contributed by atoms with Crippen LogP contribution in [0, 0.1) is 0 Å². The SMILES string of the molecule is CC/C=C\C/C=C\C/C=C\C/C=C\C/C=C\C/C=C\C/C=C\C/C=C\C/C=C\C/C=C\C/C=C\C/C=C\CCCCCCC(=O)NC(COC1OC(CO)C(OC2OC(CO)C(OC3OC(CO)C(O)C(O)C3O)C(O)C2O)C(O)C1O)C(O)/C=C/CC/C=C/CCCCCCCC. The average Bonchev–Trinajstić information content (AvgIpc) is 0.785. The fourth-order valence-corrected chi connectivity index (χ4v) is 10.9. The van der Waals surface area contributed by atoms with E-state index < -0.39 is 124 Å². The zero-order chi connectivity index (χ0) is 71.1. The van der Waals surface area contributed by atoms with Gasteiger partial charge in [-0.25, -0.2) is 0 Å². The second-order valence-corrected chi connectivity index (χ2v) is 25.0. The molecule has 0 bridgehead atoms. The van der Waals surface area contributed by atoms with Gasteiger partial charge in [0.05, 0.1) is 38.6 Å². The molecule has 17 atom stereocenters. The van der Waals surface area contributed by atoms with Crippen LogP contribution in [0.1, 0.15) is 187 Å². The molecular formula is C79H125NO18. The maximum atomic E-state index is 13.4. The highest BCUT2D eigenvalue weighted by atomic mass is 16.8. The van der Waals surface area contributed by atoms with E-state index in [2.05, 4.69) is 177 Å². The van der Waals surface area contributed by atoms with Crippen molar-refractivity contribution in [2.24, 2.45) is 0 Å². The Morgan fingerprint density at radius 1 is 0.378 bits per heavy atom. The molecule has 0 aromatic heterocycles. The van der Waals surface area contributed by atoms with Crippen LogP contribution in [0.3, 0.4) is 0 Å². The number of hydrogen-bond acceptors (Lipinski definition) is 18. The standard InChI is InChI=1S/C79H125NO18/c1-3-5-7-9-11-13-15-17-18-19-20-21-22-23-24-25-26-27-28-29-30-31-32-33-34-35-36-37-38-39-40-41-42-43-44-45-47-49-51-53-55-57-67(85)80-62(63(84)56-54-52-50-48-46-16-14-12-10-8-6-4-2)61-93-77-73(91)70(88)75(65(59-82)95-77)98-79-74(92)71(89)76(66(60-83)96-79)97-78-72(90)69(87)68(86)64(58-81)94-78/h5,7,11,13,17-18,20-21,23-24,26-27,29-30,32-33,35-36,38-39,41-42,44-46,48,54,56,62-66,68-79,81-84,86-92H,3-4,6,8-10,12,14-16,19,22,25,28,31,34,37,40,43,47,49-53,55,57-61H2,1-2H3,(H,80,85)/b7-5-,13-11-,18-17-,21-20-,24-23-,27-26-,30-29-,33-32-,36-35-,39-38-,42-41-,45-44-,48-46+,56-54+. The highest BCUT2D eigenvalue weighted by Crippen LogP contribution is 2.33.